The molecule has 142 valence electrons. The molecule has 1 aliphatic carbocycles. The fraction of sp³-hybridized carbons (Fsp3) is 0.172. The molecule has 0 amide bonds. The lowest BCUT2D eigenvalue weighted by Gasteiger charge is -2.16. The molecule has 0 N–H and O–H groups in total. The van der Waals surface area contributed by atoms with Gasteiger partial charge in [0.25, 0.3) is 0 Å². The van der Waals surface area contributed by atoms with Crippen LogP contribution in [0.5, 0.6) is 0 Å². The van der Waals surface area contributed by atoms with Gasteiger partial charge >= 0.3 is 0 Å². The van der Waals surface area contributed by atoms with Crippen molar-refractivity contribution in [2.45, 2.75) is 32.1 Å². The molecule has 4 aromatic rings. The standard InChI is InChI=1S/C29H26/c1-21-28-12-4-10-26(19-28)17-24-8-2-6-22(15-24)14-23-7-3-9-25(16-23)18-27-11-5-13-29(21)20-27/h2-13,15-16,19-21H,14,17-18H2,1H3. The molecule has 0 nitrogen and oxygen atoms in total. The van der Waals surface area contributed by atoms with E-state index in [1.54, 1.807) is 0 Å². The predicted octanol–water partition coefficient (Wildman–Crippen LogP) is 6.92. The first-order valence-corrected chi connectivity index (χ1v) is 10.6. The van der Waals surface area contributed by atoms with Gasteiger partial charge in [0.2, 0.25) is 0 Å². The van der Waals surface area contributed by atoms with Crippen molar-refractivity contribution in [1.29, 1.82) is 0 Å². The molecule has 0 aromatic heterocycles. The van der Waals surface area contributed by atoms with Gasteiger partial charge in [0.15, 0.2) is 0 Å². The molecular formula is C29H26. The van der Waals surface area contributed by atoms with E-state index in [-0.39, 0.29) is 0 Å². The van der Waals surface area contributed by atoms with E-state index in [2.05, 4.69) is 104 Å². The Balaban J connectivity index is 1.63. The lowest BCUT2D eigenvalue weighted by molar-refractivity contribution is 0.912. The minimum Gasteiger partial charge on any atom is -0.0617 e. The van der Waals surface area contributed by atoms with E-state index in [1.165, 1.54) is 44.5 Å². The maximum Gasteiger partial charge on any atom is 0.00612 e. The zero-order valence-corrected chi connectivity index (χ0v) is 16.9. The summed E-state index contributed by atoms with van der Waals surface area (Å²) >= 11 is 0. The van der Waals surface area contributed by atoms with E-state index in [9.17, 15) is 0 Å². The van der Waals surface area contributed by atoms with Crippen molar-refractivity contribution in [2.75, 3.05) is 0 Å². The summed E-state index contributed by atoms with van der Waals surface area (Å²) in [5.41, 5.74) is 11.1. The fourth-order valence-corrected chi connectivity index (χ4v) is 4.54. The third-order valence-corrected chi connectivity index (χ3v) is 6.11. The third-order valence-electron chi connectivity index (χ3n) is 6.11. The minimum absolute atomic E-state index is 0.389. The molecule has 4 aromatic carbocycles. The van der Waals surface area contributed by atoms with Crippen LogP contribution in [0.2, 0.25) is 0 Å². The van der Waals surface area contributed by atoms with Crippen molar-refractivity contribution in [1.82, 2.24) is 0 Å². The number of fused-ring (bicyclic) bond motifs is 8. The second-order valence-electron chi connectivity index (χ2n) is 8.38. The normalized spacial score (nSPS) is 13.8. The molecule has 0 saturated carbocycles. The molecule has 29 heavy (non-hydrogen) atoms. The molecule has 0 radical (unpaired) electrons. The molecular weight excluding hydrogens is 348 g/mol. The molecule has 0 fully saturated rings. The van der Waals surface area contributed by atoms with E-state index in [1.807, 2.05) is 0 Å². The average Bonchev–Trinajstić information content (AvgIpc) is 2.74. The molecule has 0 unspecified atom stereocenters. The molecule has 0 aliphatic heterocycles. The molecule has 0 heterocycles. The van der Waals surface area contributed by atoms with Crippen LogP contribution in [0.15, 0.2) is 97.1 Å². The van der Waals surface area contributed by atoms with Crippen molar-refractivity contribution in [3.8, 4) is 0 Å². The zero-order valence-electron chi connectivity index (χ0n) is 16.9. The first-order valence-electron chi connectivity index (χ1n) is 10.6. The molecule has 0 spiro atoms. The van der Waals surface area contributed by atoms with E-state index in [0.717, 1.165) is 19.3 Å². The second kappa shape index (κ2) is 7.72. The SMILES string of the molecule is CC1c2cccc(c2)Cc2cccc(c2)Cc2cccc(c2)Cc2cccc1c2. The number of hydrogen-bond acceptors (Lipinski definition) is 0. The van der Waals surface area contributed by atoms with Crippen LogP contribution < -0.4 is 0 Å². The van der Waals surface area contributed by atoms with Gasteiger partial charge < -0.3 is 0 Å². The zero-order chi connectivity index (χ0) is 19.6. The summed E-state index contributed by atoms with van der Waals surface area (Å²) in [5.74, 6) is 0.389. The molecule has 0 atom stereocenters. The smallest absolute Gasteiger partial charge is 0.00612 e. The summed E-state index contributed by atoms with van der Waals surface area (Å²) in [7, 11) is 0. The highest BCUT2D eigenvalue weighted by atomic mass is 14.2. The highest BCUT2D eigenvalue weighted by Gasteiger charge is 2.11. The van der Waals surface area contributed by atoms with Crippen LogP contribution in [0, 0.1) is 0 Å². The van der Waals surface area contributed by atoms with Crippen molar-refractivity contribution in [3.05, 3.63) is 142 Å². The Hall–Kier alpha value is -3.12. The number of rotatable bonds is 0. The van der Waals surface area contributed by atoms with Gasteiger partial charge in [-0.25, -0.2) is 0 Å². The first-order chi connectivity index (χ1) is 14.2. The first kappa shape index (κ1) is 17.9. The molecule has 8 bridgehead atoms. The minimum atomic E-state index is 0.389. The summed E-state index contributed by atoms with van der Waals surface area (Å²) < 4.78 is 0. The molecule has 1 aliphatic rings. The van der Waals surface area contributed by atoms with Crippen LogP contribution in [0.4, 0.5) is 0 Å². The number of benzene rings is 4. The third kappa shape index (κ3) is 4.03. The highest BCUT2D eigenvalue weighted by Crippen LogP contribution is 2.27. The predicted molar refractivity (Wildman–Crippen MR) is 122 cm³/mol. The van der Waals surface area contributed by atoms with Gasteiger partial charge in [-0.3, -0.25) is 0 Å². The van der Waals surface area contributed by atoms with Crippen LogP contribution in [0.25, 0.3) is 0 Å². The molecule has 0 heteroatoms. The van der Waals surface area contributed by atoms with E-state index < -0.39 is 0 Å². The lowest BCUT2D eigenvalue weighted by Crippen LogP contribution is -2.00. The van der Waals surface area contributed by atoms with Crippen molar-refractivity contribution in [3.63, 3.8) is 0 Å². The summed E-state index contributed by atoms with van der Waals surface area (Å²) in [6.07, 6.45) is 2.95. The van der Waals surface area contributed by atoms with Gasteiger partial charge in [-0.05, 0) is 63.8 Å². The highest BCUT2D eigenvalue weighted by molar-refractivity contribution is 5.40. The number of hydrogen-bond donors (Lipinski definition) is 0. The van der Waals surface area contributed by atoms with E-state index >= 15 is 0 Å². The lowest BCUT2D eigenvalue weighted by atomic mass is 9.89. The Morgan fingerprint density at radius 1 is 0.448 bits per heavy atom. The van der Waals surface area contributed by atoms with Crippen molar-refractivity contribution < 1.29 is 0 Å². The van der Waals surface area contributed by atoms with Crippen LogP contribution in [0.1, 0.15) is 57.3 Å². The van der Waals surface area contributed by atoms with Gasteiger partial charge in [0.05, 0.1) is 0 Å². The maximum atomic E-state index is 2.39. The van der Waals surface area contributed by atoms with Crippen molar-refractivity contribution >= 4 is 0 Å². The van der Waals surface area contributed by atoms with Gasteiger partial charge in [-0.15, -0.1) is 0 Å². The van der Waals surface area contributed by atoms with E-state index in [0.29, 0.717) is 5.92 Å². The quantitative estimate of drug-likeness (QED) is 0.313. The summed E-state index contributed by atoms with van der Waals surface area (Å²) in [4.78, 5) is 0. The van der Waals surface area contributed by atoms with Crippen LogP contribution in [-0.2, 0) is 19.3 Å². The second-order valence-corrected chi connectivity index (χ2v) is 8.38. The van der Waals surface area contributed by atoms with Crippen LogP contribution >= 0.6 is 0 Å². The summed E-state index contributed by atoms with van der Waals surface area (Å²) in [5, 5.41) is 0. The monoisotopic (exact) mass is 374 g/mol. The maximum absolute atomic E-state index is 2.39. The fourth-order valence-electron chi connectivity index (χ4n) is 4.54. The largest absolute Gasteiger partial charge is 0.0617 e. The van der Waals surface area contributed by atoms with Gasteiger partial charge in [0.1, 0.15) is 0 Å². The van der Waals surface area contributed by atoms with Gasteiger partial charge in [0, 0.05) is 5.92 Å². The van der Waals surface area contributed by atoms with E-state index in [4.69, 9.17) is 0 Å². The van der Waals surface area contributed by atoms with Gasteiger partial charge in [-0.2, -0.15) is 0 Å². The van der Waals surface area contributed by atoms with Crippen LogP contribution in [-0.4, -0.2) is 0 Å². The Labute approximate surface area is 173 Å². The van der Waals surface area contributed by atoms with Crippen molar-refractivity contribution in [2.24, 2.45) is 0 Å². The summed E-state index contributed by atoms with van der Waals surface area (Å²) in [6, 6.07) is 36.4. The average molecular weight is 375 g/mol. The van der Waals surface area contributed by atoms with Crippen LogP contribution in [0.3, 0.4) is 0 Å². The van der Waals surface area contributed by atoms with Gasteiger partial charge in [-0.1, -0.05) is 104 Å². The Bertz CT molecular complexity index is 1060. The summed E-state index contributed by atoms with van der Waals surface area (Å²) in [6.45, 7) is 2.32. The Morgan fingerprint density at radius 2 is 0.759 bits per heavy atom. The molecule has 0 saturated heterocycles. The Kier molecular flexibility index (Phi) is 4.77. The topological polar surface area (TPSA) is 0 Å². The Morgan fingerprint density at radius 3 is 1.14 bits per heavy atom. The molecule has 5 rings (SSSR count).